The Bertz CT molecular complexity index is 472. The Labute approximate surface area is 162 Å². The molecule has 1 amide bonds. The number of carbonyl (C=O) groups is 1. The van der Waals surface area contributed by atoms with Gasteiger partial charge in [-0.15, -0.1) is 0 Å². The van der Waals surface area contributed by atoms with Gasteiger partial charge in [-0.25, -0.2) is 0 Å². The Morgan fingerprint density at radius 2 is 1.50 bits per heavy atom. The first kappa shape index (κ1) is 25.0. The van der Waals surface area contributed by atoms with Gasteiger partial charge in [-0.3, -0.25) is 4.79 Å². The zero-order chi connectivity index (χ0) is 20.9. The van der Waals surface area contributed by atoms with Crippen LogP contribution in [0.2, 0.25) is 0 Å². The largest absolute Gasteiger partial charge is 0.402 e. The van der Waals surface area contributed by atoms with Gasteiger partial charge in [0.05, 0.1) is 0 Å². The number of hydrogen-bond acceptors (Lipinski definition) is 3. The summed E-state index contributed by atoms with van der Waals surface area (Å²) < 4.78 is 0. The van der Waals surface area contributed by atoms with Crippen molar-refractivity contribution in [1.82, 2.24) is 10.6 Å². The third kappa shape index (κ3) is 10.8. The van der Waals surface area contributed by atoms with Crippen molar-refractivity contribution in [3.05, 3.63) is 12.3 Å². The van der Waals surface area contributed by atoms with E-state index in [0.29, 0.717) is 12.1 Å². The molecule has 4 nitrogen and oxygen atoms in total. The van der Waals surface area contributed by atoms with E-state index in [1.807, 2.05) is 6.92 Å². The van der Waals surface area contributed by atoms with E-state index < -0.39 is 0 Å². The molecular weight excluding hydrogens is 322 g/mol. The smallest absolute Gasteiger partial charge is 0.223 e. The number of amides is 1. The summed E-state index contributed by atoms with van der Waals surface area (Å²) in [6.45, 7) is 25.6. The van der Waals surface area contributed by atoms with Gasteiger partial charge in [0.25, 0.3) is 0 Å². The normalized spacial score (nSPS) is 15.7. The second kappa shape index (κ2) is 9.25. The summed E-state index contributed by atoms with van der Waals surface area (Å²) >= 11 is 0. The van der Waals surface area contributed by atoms with Crippen LogP contribution in [0.5, 0.6) is 0 Å². The summed E-state index contributed by atoms with van der Waals surface area (Å²) in [5, 5.41) is 6.91. The van der Waals surface area contributed by atoms with Crippen molar-refractivity contribution in [1.29, 1.82) is 0 Å². The molecule has 0 aliphatic rings. The van der Waals surface area contributed by atoms with Crippen LogP contribution in [0.15, 0.2) is 12.3 Å². The molecule has 0 aromatic heterocycles. The first-order chi connectivity index (χ1) is 11.4. The molecule has 154 valence electrons. The summed E-state index contributed by atoms with van der Waals surface area (Å²) in [6, 6.07) is 0.00894. The number of rotatable bonds is 10. The number of nitrogens with two attached hydrogens (primary N) is 1. The Morgan fingerprint density at radius 1 is 1.00 bits per heavy atom. The fourth-order valence-corrected chi connectivity index (χ4v) is 4.31. The number of carbonyl (C=O) groups excluding carboxylic acids is 1. The lowest BCUT2D eigenvalue weighted by Gasteiger charge is -2.42. The molecule has 0 aromatic carbocycles. The maximum atomic E-state index is 12.8. The third-order valence-corrected chi connectivity index (χ3v) is 4.48. The van der Waals surface area contributed by atoms with Crippen LogP contribution < -0.4 is 16.4 Å². The van der Waals surface area contributed by atoms with Crippen LogP contribution in [0.4, 0.5) is 0 Å². The van der Waals surface area contributed by atoms with Gasteiger partial charge in [-0.2, -0.15) is 0 Å². The summed E-state index contributed by atoms with van der Waals surface area (Å²) in [7, 11) is 0. The fourth-order valence-electron chi connectivity index (χ4n) is 4.31. The first-order valence-corrected chi connectivity index (χ1v) is 9.97. The average Bonchev–Trinajstić information content (AvgIpc) is 2.29. The van der Waals surface area contributed by atoms with Gasteiger partial charge < -0.3 is 16.4 Å². The molecule has 26 heavy (non-hydrogen) atoms. The van der Waals surface area contributed by atoms with E-state index >= 15 is 0 Å². The molecule has 4 heteroatoms. The summed E-state index contributed by atoms with van der Waals surface area (Å²) in [5.74, 6) is 0.337. The lowest BCUT2D eigenvalue weighted by molar-refractivity contribution is -0.127. The van der Waals surface area contributed by atoms with Crippen molar-refractivity contribution in [2.75, 3.05) is 0 Å². The molecular formula is C22H45N3O. The van der Waals surface area contributed by atoms with E-state index in [0.717, 1.165) is 12.8 Å². The van der Waals surface area contributed by atoms with Crippen molar-refractivity contribution in [3.8, 4) is 0 Å². The van der Waals surface area contributed by atoms with Gasteiger partial charge in [0.1, 0.15) is 0 Å². The van der Waals surface area contributed by atoms with E-state index in [1.165, 1.54) is 0 Å². The molecule has 0 radical (unpaired) electrons. The van der Waals surface area contributed by atoms with Gasteiger partial charge >= 0.3 is 0 Å². The average molecular weight is 368 g/mol. The lowest BCUT2D eigenvalue weighted by Crippen LogP contribution is -2.55. The summed E-state index contributed by atoms with van der Waals surface area (Å²) in [4.78, 5) is 12.8. The van der Waals surface area contributed by atoms with Gasteiger partial charge in [-0.1, -0.05) is 41.2 Å². The molecule has 0 heterocycles. The minimum atomic E-state index is -0.137. The van der Waals surface area contributed by atoms with Crippen LogP contribution in [0.25, 0.3) is 0 Å². The third-order valence-electron chi connectivity index (χ3n) is 4.48. The molecule has 0 bridgehead atoms. The Morgan fingerprint density at radius 3 is 1.88 bits per heavy atom. The predicted octanol–water partition coefficient (Wildman–Crippen LogP) is 4.60. The Balaban J connectivity index is 5.06. The standard InChI is InChI=1S/C22H45N3O/c1-15(2)18(19(26)24-17(4)12-16(3)23)13-21(8,9)25-22(10,11)14-20(5,6)7/h15,17-18,25H,3,12-14,23H2,1-2,4-11H3,(H,24,26). The highest BCUT2D eigenvalue weighted by molar-refractivity contribution is 5.79. The van der Waals surface area contributed by atoms with Gasteiger partial charge in [-0.05, 0) is 58.8 Å². The second-order valence-electron chi connectivity index (χ2n) is 11.0. The van der Waals surface area contributed by atoms with Crippen LogP contribution >= 0.6 is 0 Å². The van der Waals surface area contributed by atoms with Crippen molar-refractivity contribution in [2.24, 2.45) is 23.0 Å². The van der Waals surface area contributed by atoms with E-state index in [1.54, 1.807) is 0 Å². The zero-order valence-electron chi connectivity index (χ0n) is 19.0. The molecule has 0 spiro atoms. The summed E-state index contributed by atoms with van der Waals surface area (Å²) in [6.07, 6.45) is 2.47. The molecule has 0 aliphatic heterocycles. The SMILES string of the molecule is C=C(N)CC(C)NC(=O)C(CC(C)(C)NC(C)(C)CC(C)(C)C)C(C)C. The molecule has 2 unspecified atom stereocenters. The summed E-state index contributed by atoms with van der Waals surface area (Å²) in [5.41, 5.74) is 6.39. The first-order valence-electron chi connectivity index (χ1n) is 9.97. The number of nitrogens with one attached hydrogen (secondary N) is 2. The van der Waals surface area contributed by atoms with Crippen LogP contribution in [0.1, 0.15) is 88.5 Å². The maximum Gasteiger partial charge on any atom is 0.223 e. The molecule has 2 atom stereocenters. The molecule has 0 aliphatic carbocycles. The van der Waals surface area contributed by atoms with Crippen LogP contribution in [0, 0.1) is 17.3 Å². The minimum absolute atomic E-state index is 0.00430. The Kier molecular flexibility index (Phi) is 8.89. The predicted molar refractivity (Wildman–Crippen MR) is 114 cm³/mol. The van der Waals surface area contributed by atoms with Gasteiger partial charge in [0.15, 0.2) is 0 Å². The van der Waals surface area contributed by atoms with E-state index in [4.69, 9.17) is 5.73 Å². The molecule has 0 rings (SSSR count). The highest BCUT2D eigenvalue weighted by Gasteiger charge is 2.35. The Hall–Kier alpha value is -1.03. The highest BCUT2D eigenvalue weighted by Crippen LogP contribution is 2.31. The van der Waals surface area contributed by atoms with Crippen molar-refractivity contribution in [2.45, 2.75) is 106 Å². The fraction of sp³-hybridized carbons (Fsp3) is 0.864. The minimum Gasteiger partial charge on any atom is -0.402 e. The molecule has 4 N–H and O–H groups in total. The van der Waals surface area contributed by atoms with Crippen LogP contribution in [-0.2, 0) is 4.79 Å². The second-order valence-corrected chi connectivity index (χ2v) is 11.0. The monoisotopic (exact) mass is 367 g/mol. The van der Waals surface area contributed by atoms with Gasteiger partial charge in [0, 0.05) is 35.2 Å². The maximum absolute atomic E-state index is 12.8. The number of hydrogen-bond donors (Lipinski definition) is 3. The quantitative estimate of drug-likeness (QED) is 0.528. The topological polar surface area (TPSA) is 67.1 Å². The van der Waals surface area contributed by atoms with E-state index in [9.17, 15) is 4.79 Å². The van der Waals surface area contributed by atoms with Crippen molar-refractivity contribution < 1.29 is 4.79 Å². The zero-order valence-corrected chi connectivity index (χ0v) is 19.0. The van der Waals surface area contributed by atoms with E-state index in [2.05, 4.69) is 79.5 Å². The lowest BCUT2D eigenvalue weighted by atomic mass is 9.78. The molecule has 0 saturated heterocycles. The molecule has 0 aromatic rings. The van der Waals surface area contributed by atoms with Crippen LogP contribution in [-0.4, -0.2) is 23.0 Å². The van der Waals surface area contributed by atoms with Crippen LogP contribution in [0.3, 0.4) is 0 Å². The van der Waals surface area contributed by atoms with Crippen molar-refractivity contribution in [3.63, 3.8) is 0 Å². The van der Waals surface area contributed by atoms with Gasteiger partial charge in [0.2, 0.25) is 5.91 Å². The highest BCUT2D eigenvalue weighted by atomic mass is 16.1. The van der Waals surface area contributed by atoms with Crippen molar-refractivity contribution >= 4 is 5.91 Å². The molecule has 0 fully saturated rings. The van der Waals surface area contributed by atoms with E-state index in [-0.39, 0.29) is 40.3 Å². The molecule has 0 saturated carbocycles.